The third-order valence-corrected chi connectivity index (χ3v) is 3.77. The van der Waals surface area contributed by atoms with Crippen LogP contribution >= 0.6 is 0 Å². The van der Waals surface area contributed by atoms with Crippen LogP contribution in [0.25, 0.3) is 23.1 Å². The number of para-hydroxylation sites is 1. The zero-order valence-corrected chi connectivity index (χ0v) is 12.8. The van der Waals surface area contributed by atoms with Gasteiger partial charge < -0.3 is 9.72 Å². The first-order valence-electron chi connectivity index (χ1n) is 7.61. The van der Waals surface area contributed by atoms with E-state index in [1.165, 1.54) is 0 Å². The second kappa shape index (κ2) is 6.01. The summed E-state index contributed by atoms with van der Waals surface area (Å²) in [5, 5.41) is 1.04. The number of benzene rings is 2. The maximum atomic E-state index is 12.0. The Balaban J connectivity index is 1.63. The molecule has 116 valence electrons. The van der Waals surface area contributed by atoms with E-state index in [0.717, 1.165) is 22.0 Å². The number of carbonyl (C=O) groups is 1. The van der Waals surface area contributed by atoms with E-state index in [4.69, 9.17) is 4.74 Å². The first kappa shape index (κ1) is 14.2. The molecule has 0 aliphatic carbocycles. The molecule has 0 radical (unpaired) electrons. The Bertz CT molecular complexity index is 995. The molecule has 24 heavy (non-hydrogen) atoms. The summed E-state index contributed by atoms with van der Waals surface area (Å²) in [7, 11) is 0. The number of cyclic esters (lactones) is 1. The summed E-state index contributed by atoms with van der Waals surface area (Å²) in [6.07, 6.45) is 7.16. The van der Waals surface area contributed by atoms with Crippen molar-refractivity contribution in [3.05, 3.63) is 83.7 Å². The Morgan fingerprint density at radius 2 is 1.75 bits per heavy atom. The van der Waals surface area contributed by atoms with E-state index >= 15 is 0 Å². The summed E-state index contributed by atoms with van der Waals surface area (Å²) in [6.45, 7) is 0. The number of carbonyl (C=O) groups excluding carboxylic acids is 1. The van der Waals surface area contributed by atoms with Gasteiger partial charge in [-0.15, -0.1) is 0 Å². The molecule has 0 saturated carbocycles. The molecule has 1 N–H and O–H groups in total. The first-order chi connectivity index (χ1) is 11.8. The van der Waals surface area contributed by atoms with E-state index < -0.39 is 5.97 Å². The molecule has 0 amide bonds. The van der Waals surface area contributed by atoms with Gasteiger partial charge >= 0.3 is 5.97 Å². The standard InChI is InChI=1S/C20H14N2O2/c23-20-18(12-15-13-21-17-9-5-4-8-16(15)17)22-19(24-20)11-10-14-6-2-1-3-7-14/h1-13,21H/b11-10+,18-12-. The summed E-state index contributed by atoms with van der Waals surface area (Å²) >= 11 is 0. The molecule has 4 heteroatoms. The first-order valence-corrected chi connectivity index (χ1v) is 7.61. The summed E-state index contributed by atoms with van der Waals surface area (Å²) in [5.41, 5.74) is 3.25. The van der Waals surface area contributed by atoms with Gasteiger partial charge in [0.1, 0.15) is 0 Å². The molecule has 3 aromatic rings. The maximum absolute atomic E-state index is 12.0. The molecular formula is C20H14N2O2. The van der Waals surface area contributed by atoms with Gasteiger partial charge in [0, 0.05) is 28.7 Å². The molecule has 0 saturated heterocycles. The SMILES string of the molecule is O=C1OC(/C=C/c2ccccc2)=NC/1=C\c1c[nH]c2ccccc12. The number of aromatic amines is 1. The number of esters is 1. The highest BCUT2D eigenvalue weighted by atomic mass is 16.6. The summed E-state index contributed by atoms with van der Waals surface area (Å²) < 4.78 is 5.20. The Morgan fingerprint density at radius 3 is 2.62 bits per heavy atom. The molecule has 0 spiro atoms. The number of H-pyrrole nitrogens is 1. The lowest BCUT2D eigenvalue weighted by atomic mass is 10.1. The molecule has 2 aromatic carbocycles. The highest BCUT2D eigenvalue weighted by molar-refractivity contribution is 6.12. The average Bonchev–Trinajstić information content (AvgIpc) is 3.18. The Hall–Kier alpha value is -3.40. The Kier molecular flexibility index (Phi) is 3.56. The molecule has 2 heterocycles. The number of rotatable bonds is 3. The minimum absolute atomic E-state index is 0.299. The van der Waals surface area contributed by atoms with Crippen LogP contribution in [0.2, 0.25) is 0 Å². The van der Waals surface area contributed by atoms with Gasteiger partial charge in [0.2, 0.25) is 5.90 Å². The summed E-state index contributed by atoms with van der Waals surface area (Å²) in [4.78, 5) is 19.5. The van der Waals surface area contributed by atoms with Crippen molar-refractivity contribution in [1.82, 2.24) is 4.98 Å². The number of fused-ring (bicyclic) bond motifs is 1. The number of nitrogens with zero attached hydrogens (tertiary/aromatic N) is 1. The van der Waals surface area contributed by atoms with Crippen LogP contribution in [0.5, 0.6) is 0 Å². The predicted molar refractivity (Wildman–Crippen MR) is 95.3 cm³/mol. The van der Waals surface area contributed by atoms with Crippen molar-refractivity contribution in [2.24, 2.45) is 4.99 Å². The van der Waals surface area contributed by atoms with Crippen molar-refractivity contribution in [3.63, 3.8) is 0 Å². The molecule has 0 atom stereocenters. The van der Waals surface area contributed by atoms with Crippen molar-refractivity contribution in [2.75, 3.05) is 0 Å². The van der Waals surface area contributed by atoms with Crippen LogP contribution in [0.1, 0.15) is 11.1 Å². The van der Waals surface area contributed by atoms with Gasteiger partial charge in [0.15, 0.2) is 5.70 Å². The lowest BCUT2D eigenvalue weighted by molar-refractivity contribution is -0.129. The quantitative estimate of drug-likeness (QED) is 0.582. The number of aliphatic imine (C=N–C) groups is 1. The number of hydrogen-bond acceptors (Lipinski definition) is 3. The number of aromatic nitrogens is 1. The van der Waals surface area contributed by atoms with Crippen molar-refractivity contribution >= 4 is 34.9 Å². The molecule has 4 nitrogen and oxygen atoms in total. The van der Waals surface area contributed by atoms with Crippen LogP contribution in [0.4, 0.5) is 0 Å². The lowest BCUT2D eigenvalue weighted by Crippen LogP contribution is -2.01. The zero-order chi connectivity index (χ0) is 16.4. The van der Waals surface area contributed by atoms with Crippen LogP contribution in [-0.4, -0.2) is 16.9 Å². The van der Waals surface area contributed by atoms with E-state index in [9.17, 15) is 4.79 Å². The fourth-order valence-electron chi connectivity index (χ4n) is 2.59. The van der Waals surface area contributed by atoms with Gasteiger partial charge in [-0.3, -0.25) is 0 Å². The lowest BCUT2D eigenvalue weighted by Gasteiger charge is -1.93. The van der Waals surface area contributed by atoms with Crippen LogP contribution in [-0.2, 0) is 9.53 Å². The van der Waals surface area contributed by atoms with E-state index in [1.807, 2.05) is 66.9 Å². The number of hydrogen-bond donors (Lipinski definition) is 1. The highest BCUT2D eigenvalue weighted by Gasteiger charge is 2.21. The molecule has 1 aromatic heterocycles. The monoisotopic (exact) mass is 314 g/mol. The molecule has 1 aliphatic heterocycles. The molecule has 0 bridgehead atoms. The summed E-state index contributed by atoms with van der Waals surface area (Å²) in [6, 6.07) is 17.7. The van der Waals surface area contributed by atoms with Gasteiger partial charge in [-0.2, -0.15) is 0 Å². The number of ether oxygens (including phenoxy) is 1. The van der Waals surface area contributed by atoms with E-state index in [-0.39, 0.29) is 0 Å². The second-order valence-electron chi connectivity index (χ2n) is 5.40. The van der Waals surface area contributed by atoms with E-state index in [0.29, 0.717) is 11.6 Å². The fraction of sp³-hybridized carbons (Fsp3) is 0. The van der Waals surface area contributed by atoms with Crippen LogP contribution < -0.4 is 0 Å². The Labute approximate surface area is 138 Å². The molecule has 0 unspecified atom stereocenters. The van der Waals surface area contributed by atoms with Crippen LogP contribution in [0, 0.1) is 0 Å². The van der Waals surface area contributed by atoms with Gasteiger partial charge in [0.05, 0.1) is 0 Å². The van der Waals surface area contributed by atoms with Crippen LogP contribution in [0.3, 0.4) is 0 Å². The predicted octanol–water partition coefficient (Wildman–Crippen LogP) is 4.18. The fourth-order valence-corrected chi connectivity index (χ4v) is 2.59. The normalized spacial score (nSPS) is 16.1. The van der Waals surface area contributed by atoms with Gasteiger partial charge in [-0.1, -0.05) is 48.5 Å². The molecule has 0 fully saturated rings. The Morgan fingerprint density at radius 1 is 0.958 bits per heavy atom. The van der Waals surface area contributed by atoms with Crippen molar-refractivity contribution in [2.45, 2.75) is 0 Å². The largest absolute Gasteiger partial charge is 0.403 e. The average molecular weight is 314 g/mol. The molecular weight excluding hydrogens is 300 g/mol. The van der Waals surface area contributed by atoms with Crippen molar-refractivity contribution < 1.29 is 9.53 Å². The smallest absolute Gasteiger partial charge is 0.363 e. The molecule has 1 aliphatic rings. The van der Waals surface area contributed by atoms with Crippen LogP contribution in [0.15, 0.2) is 77.6 Å². The minimum Gasteiger partial charge on any atom is -0.403 e. The topological polar surface area (TPSA) is 54.4 Å². The van der Waals surface area contributed by atoms with Gasteiger partial charge in [-0.05, 0) is 23.8 Å². The van der Waals surface area contributed by atoms with E-state index in [2.05, 4.69) is 9.98 Å². The van der Waals surface area contributed by atoms with Gasteiger partial charge in [-0.25, -0.2) is 9.79 Å². The van der Waals surface area contributed by atoms with Gasteiger partial charge in [0.25, 0.3) is 0 Å². The zero-order valence-electron chi connectivity index (χ0n) is 12.8. The second-order valence-corrected chi connectivity index (χ2v) is 5.40. The van der Waals surface area contributed by atoms with Crippen molar-refractivity contribution in [1.29, 1.82) is 0 Å². The van der Waals surface area contributed by atoms with E-state index in [1.54, 1.807) is 12.2 Å². The highest BCUT2D eigenvalue weighted by Crippen LogP contribution is 2.23. The number of nitrogens with one attached hydrogen (secondary N) is 1. The summed E-state index contributed by atoms with van der Waals surface area (Å²) in [5.74, 6) is -0.136. The maximum Gasteiger partial charge on any atom is 0.363 e. The minimum atomic E-state index is -0.437. The van der Waals surface area contributed by atoms with Crippen molar-refractivity contribution in [3.8, 4) is 0 Å². The third kappa shape index (κ3) is 2.77. The third-order valence-electron chi connectivity index (χ3n) is 3.77. The molecule has 4 rings (SSSR count).